The predicted octanol–water partition coefficient (Wildman–Crippen LogP) is 3.19. The number of pyridine rings is 1. The molecule has 0 radical (unpaired) electrons. The third kappa shape index (κ3) is 3.43. The van der Waals surface area contributed by atoms with Crippen molar-refractivity contribution in [1.82, 2.24) is 4.98 Å². The van der Waals surface area contributed by atoms with Crippen molar-refractivity contribution in [3.05, 3.63) is 59.0 Å². The molecule has 1 atom stereocenters. The van der Waals surface area contributed by atoms with Crippen molar-refractivity contribution < 1.29 is 9.50 Å². The molecule has 5 heteroatoms. The van der Waals surface area contributed by atoms with Crippen LogP contribution in [0.1, 0.15) is 12.5 Å². The van der Waals surface area contributed by atoms with E-state index >= 15 is 0 Å². The van der Waals surface area contributed by atoms with Crippen LogP contribution in [0.5, 0.6) is 0 Å². The average molecular weight is 281 g/mol. The number of rotatable bonds is 4. The summed E-state index contributed by atoms with van der Waals surface area (Å²) in [5.41, 5.74) is -0.563. The summed E-state index contributed by atoms with van der Waals surface area (Å²) in [6.45, 7) is 1.81. The van der Waals surface area contributed by atoms with Crippen LogP contribution in [0, 0.1) is 5.95 Å². The summed E-state index contributed by atoms with van der Waals surface area (Å²) < 4.78 is 12.9. The Morgan fingerprint density at radius 2 is 2.00 bits per heavy atom. The monoisotopic (exact) mass is 280 g/mol. The average Bonchev–Trinajstić information content (AvgIpc) is 2.37. The van der Waals surface area contributed by atoms with Crippen LogP contribution in [0.3, 0.4) is 0 Å². The maximum Gasteiger partial charge on any atom is 0.214 e. The van der Waals surface area contributed by atoms with Crippen LogP contribution in [0.2, 0.25) is 5.02 Å². The van der Waals surface area contributed by atoms with Gasteiger partial charge < -0.3 is 10.4 Å². The topological polar surface area (TPSA) is 45.1 Å². The lowest BCUT2D eigenvalue weighted by Gasteiger charge is -2.25. The zero-order valence-electron chi connectivity index (χ0n) is 10.4. The molecule has 0 bridgehead atoms. The number of hydrogen-bond acceptors (Lipinski definition) is 3. The van der Waals surface area contributed by atoms with E-state index in [2.05, 4.69) is 10.3 Å². The number of halogens is 2. The van der Waals surface area contributed by atoms with Gasteiger partial charge in [-0.1, -0.05) is 35.9 Å². The molecule has 0 saturated heterocycles. The van der Waals surface area contributed by atoms with Crippen LogP contribution in [0.25, 0.3) is 0 Å². The smallest absolute Gasteiger partial charge is 0.214 e. The highest BCUT2D eigenvalue weighted by Crippen LogP contribution is 2.27. The molecule has 0 saturated carbocycles. The van der Waals surface area contributed by atoms with E-state index in [9.17, 15) is 9.50 Å². The Balaban J connectivity index is 2.12. The molecule has 1 aromatic heterocycles. The molecule has 1 unspecified atom stereocenters. The first kappa shape index (κ1) is 13.8. The highest BCUT2D eigenvalue weighted by Gasteiger charge is 2.25. The SMILES string of the molecule is CC(O)(CNc1cccc(F)n1)c1ccccc1Cl. The van der Waals surface area contributed by atoms with Gasteiger partial charge in [0.15, 0.2) is 0 Å². The molecule has 0 aliphatic heterocycles. The van der Waals surface area contributed by atoms with Crippen molar-refractivity contribution in [2.45, 2.75) is 12.5 Å². The first-order valence-electron chi connectivity index (χ1n) is 5.83. The Morgan fingerprint density at radius 3 is 2.68 bits per heavy atom. The van der Waals surface area contributed by atoms with E-state index < -0.39 is 11.5 Å². The molecule has 2 N–H and O–H groups in total. The van der Waals surface area contributed by atoms with Crippen molar-refractivity contribution in [1.29, 1.82) is 0 Å². The Kier molecular flexibility index (Phi) is 4.02. The molecule has 1 heterocycles. The quantitative estimate of drug-likeness (QED) is 0.846. The van der Waals surface area contributed by atoms with Crippen LogP contribution < -0.4 is 5.32 Å². The van der Waals surface area contributed by atoms with Gasteiger partial charge in [-0.15, -0.1) is 0 Å². The second kappa shape index (κ2) is 5.55. The van der Waals surface area contributed by atoms with Gasteiger partial charge in [-0.3, -0.25) is 0 Å². The molecule has 0 amide bonds. The summed E-state index contributed by atoms with van der Waals surface area (Å²) in [6, 6.07) is 11.5. The molecule has 100 valence electrons. The lowest BCUT2D eigenvalue weighted by Crippen LogP contribution is -2.31. The van der Waals surface area contributed by atoms with Crippen molar-refractivity contribution >= 4 is 17.4 Å². The lowest BCUT2D eigenvalue weighted by atomic mass is 9.96. The van der Waals surface area contributed by atoms with Gasteiger partial charge in [0.1, 0.15) is 11.4 Å². The molecule has 3 nitrogen and oxygen atoms in total. The third-order valence-corrected chi connectivity index (χ3v) is 3.11. The fourth-order valence-electron chi connectivity index (χ4n) is 1.76. The predicted molar refractivity (Wildman–Crippen MR) is 73.7 cm³/mol. The fourth-order valence-corrected chi connectivity index (χ4v) is 2.10. The van der Waals surface area contributed by atoms with Crippen molar-refractivity contribution in [3.63, 3.8) is 0 Å². The van der Waals surface area contributed by atoms with Gasteiger partial charge in [0.25, 0.3) is 0 Å². The number of hydrogen-bond donors (Lipinski definition) is 2. The van der Waals surface area contributed by atoms with E-state index in [0.29, 0.717) is 16.4 Å². The molecule has 0 aliphatic rings. The van der Waals surface area contributed by atoms with E-state index in [1.165, 1.54) is 6.07 Å². The standard InChI is InChI=1S/C14H14ClFN2O/c1-14(19,10-5-2-3-6-11(10)15)9-17-13-8-4-7-12(16)18-13/h2-8,19H,9H2,1H3,(H,17,18). The first-order valence-corrected chi connectivity index (χ1v) is 6.21. The molecule has 2 aromatic rings. The second-order valence-corrected chi connectivity index (χ2v) is 4.86. The highest BCUT2D eigenvalue weighted by atomic mass is 35.5. The number of benzene rings is 1. The van der Waals surface area contributed by atoms with Gasteiger partial charge in [0.2, 0.25) is 5.95 Å². The number of aliphatic hydroxyl groups is 1. The molecule has 0 spiro atoms. The fraction of sp³-hybridized carbons (Fsp3) is 0.214. The summed E-state index contributed by atoms with van der Waals surface area (Å²) in [6.07, 6.45) is 0. The van der Waals surface area contributed by atoms with E-state index in [0.717, 1.165) is 0 Å². The van der Waals surface area contributed by atoms with Crippen molar-refractivity contribution in [2.75, 3.05) is 11.9 Å². The molecule has 0 aliphatic carbocycles. The maximum absolute atomic E-state index is 12.9. The van der Waals surface area contributed by atoms with Crippen LogP contribution in [0.4, 0.5) is 10.2 Å². The zero-order valence-corrected chi connectivity index (χ0v) is 11.2. The Labute approximate surface area is 116 Å². The normalized spacial score (nSPS) is 13.9. The van der Waals surface area contributed by atoms with Gasteiger partial charge in [-0.25, -0.2) is 4.98 Å². The zero-order chi connectivity index (χ0) is 13.9. The highest BCUT2D eigenvalue weighted by molar-refractivity contribution is 6.31. The maximum atomic E-state index is 12.9. The Hall–Kier alpha value is -1.65. The van der Waals surface area contributed by atoms with Gasteiger partial charge in [0.05, 0.1) is 0 Å². The Morgan fingerprint density at radius 1 is 1.26 bits per heavy atom. The van der Waals surface area contributed by atoms with E-state index in [1.54, 1.807) is 43.3 Å². The molecule has 2 rings (SSSR count). The first-order chi connectivity index (χ1) is 8.99. The minimum absolute atomic E-state index is 0.174. The van der Waals surface area contributed by atoms with Crippen LogP contribution in [-0.4, -0.2) is 16.6 Å². The lowest BCUT2D eigenvalue weighted by molar-refractivity contribution is 0.0715. The Bertz CT molecular complexity index is 575. The summed E-state index contributed by atoms with van der Waals surface area (Å²) in [4.78, 5) is 3.67. The number of nitrogens with zero attached hydrogens (tertiary/aromatic N) is 1. The number of aromatic nitrogens is 1. The summed E-state index contributed by atoms with van der Waals surface area (Å²) in [5.74, 6) is -0.199. The van der Waals surface area contributed by atoms with Crippen LogP contribution in [-0.2, 0) is 5.60 Å². The number of nitrogens with one attached hydrogen (secondary N) is 1. The van der Waals surface area contributed by atoms with Gasteiger partial charge in [-0.2, -0.15) is 4.39 Å². The van der Waals surface area contributed by atoms with E-state index in [1.807, 2.05) is 0 Å². The molecular formula is C14H14ClFN2O. The van der Waals surface area contributed by atoms with Gasteiger partial charge >= 0.3 is 0 Å². The minimum atomic E-state index is -1.17. The van der Waals surface area contributed by atoms with E-state index in [-0.39, 0.29) is 6.54 Å². The molecule has 1 aromatic carbocycles. The van der Waals surface area contributed by atoms with Crippen molar-refractivity contribution in [3.8, 4) is 0 Å². The van der Waals surface area contributed by atoms with Gasteiger partial charge in [0, 0.05) is 17.1 Å². The third-order valence-electron chi connectivity index (χ3n) is 2.78. The van der Waals surface area contributed by atoms with Crippen molar-refractivity contribution in [2.24, 2.45) is 0 Å². The van der Waals surface area contributed by atoms with Crippen LogP contribution in [0.15, 0.2) is 42.5 Å². The number of anilines is 1. The largest absolute Gasteiger partial charge is 0.384 e. The van der Waals surface area contributed by atoms with Crippen LogP contribution >= 0.6 is 11.6 Å². The molecule has 19 heavy (non-hydrogen) atoms. The summed E-state index contributed by atoms with van der Waals surface area (Å²) in [7, 11) is 0. The molecule has 0 fully saturated rings. The second-order valence-electron chi connectivity index (χ2n) is 4.45. The minimum Gasteiger partial charge on any atom is -0.384 e. The summed E-state index contributed by atoms with van der Waals surface area (Å²) >= 11 is 6.05. The molecular weight excluding hydrogens is 267 g/mol. The van der Waals surface area contributed by atoms with Gasteiger partial charge in [-0.05, 0) is 25.1 Å². The summed E-state index contributed by atoms with van der Waals surface area (Å²) in [5, 5.41) is 13.8. The van der Waals surface area contributed by atoms with E-state index in [4.69, 9.17) is 11.6 Å².